The number of hydrogen-bond acceptors (Lipinski definition) is 2. The molecule has 0 unspecified atom stereocenters. The van der Waals surface area contributed by atoms with Gasteiger partial charge in [0.2, 0.25) is 0 Å². The zero-order valence-electron chi connectivity index (χ0n) is 14.2. The van der Waals surface area contributed by atoms with E-state index in [-0.39, 0.29) is 22.8 Å². The molecule has 1 aromatic heterocycles. The normalized spacial score (nSPS) is 10.2. The van der Waals surface area contributed by atoms with E-state index < -0.39 is 0 Å². The van der Waals surface area contributed by atoms with Gasteiger partial charge in [-0.05, 0) is 11.1 Å². The summed E-state index contributed by atoms with van der Waals surface area (Å²) in [5, 5.41) is 0. The molecule has 2 aromatic carbocycles. The summed E-state index contributed by atoms with van der Waals surface area (Å²) in [6, 6.07) is 21.9. The van der Waals surface area contributed by atoms with Gasteiger partial charge in [-0.25, -0.2) is 4.42 Å². The van der Waals surface area contributed by atoms with Gasteiger partial charge < -0.3 is 17.0 Å². The molecule has 25 heavy (non-hydrogen) atoms. The molecule has 0 spiro atoms. The van der Waals surface area contributed by atoms with Crippen molar-refractivity contribution >= 4 is 17.5 Å². The smallest absolute Gasteiger partial charge is 0.327 e. The summed E-state index contributed by atoms with van der Waals surface area (Å²) < 4.78 is 5.47. The second-order valence-corrected chi connectivity index (χ2v) is 6.72. The van der Waals surface area contributed by atoms with E-state index in [4.69, 9.17) is 4.42 Å². The van der Waals surface area contributed by atoms with Crippen molar-refractivity contribution in [3.05, 3.63) is 83.8 Å². The van der Waals surface area contributed by atoms with Crippen LogP contribution in [-0.2, 0) is 0 Å². The maximum atomic E-state index is 12.4. The fraction of sp³-hybridized carbons (Fsp3) is 0.143. The first-order chi connectivity index (χ1) is 11.6. The third kappa shape index (κ3) is 5.28. The predicted octanol–water partition coefficient (Wildman–Crippen LogP) is 2.82. The number of hydrogen-bond donors (Lipinski definition) is 0. The molecule has 0 aliphatic heterocycles. The minimum absolute atomic E-state index is 0. The Kier molecular flexibility index (Phi) is 6.97. The fourth-order valence-corrected chi connectivity index (χ4v) is 3.51. The lowest BCUT2D eigenvalue weighted by Crippen LogP contribution is -3.00. The van der Waals surface area contributed by atoms with E-state index in [9.17, 15) is 4.79 Å². The lowest BCUT2D eigenvalue weighted by Gasteiger charge is -2.04. The van der Waals surface area contributed by atoms with Crippen LogP contribution in [0.2, 0.25) is 0 Å². The number of ketones is 1. The molecular weight excluding hydrogens is 396 g/mol. The average Bonchev–Trinajstić information content (AvgIpc) is 2.60. The molecule has 0 fully saturated rings. The highest BCUT2D eigenvalue weighted by Crippen LogP contribution is 2.23. The summed E-state index contributed by atoms with van der Waals surface area (Å²) in [6.07, 6.45) is 0. The van der Waals surface area contributed by atoms with Crippen molar-refractivity contribution in [2.45, 2.75) is 18.7 Å². The number of benzene rings is 2. The maximum absolute atomic E-state index is 12.4. The molecule has 1 heterocycles. The maximum Gasteiger partial charge on any atom is 0.327 e. The molecule has 0 saturated heterocycles. The summed E-state index contributed by atoms with van der Waals surface area (Å²) in [7, 11) is 0. The van der Waals surface area contributed by atoms with Crippen LogP contribution < -0.4 is 17.0 Å². The monoisotopic (exact) mass is 414 g/mol. The first kappa shape index (κ1) is 19.4. The van der Waals surface area contributed by atoms with Crippen molar-refractivity contribution in [3.63, 3.8) is 0 Å². The molecule has 0 amide bonds. The van der Waals surface area contributed by atoms with E-state index in [1.54, 1.807) is 11.8 Å². The third-order valence-electron chi connectivity index (χ3n) is 3.70. The molecule has 0 radical (unpaired) electrons. The second kappa shape index (κ2) is 8.97. The minimum atomic E-state index is 0. The Morgan fingerprint density at radius 1 is 0.880 bits per heavy atom. The molecular formula is C21H19BrO2S. The minimum Gasteiger partial charge on any atom is -1.00 e. The quantitative estimate of drug-likeness (QED) is 0.365. The van der Waals surface area contributed by atoms with E-state index in [0.717, 1.165) is 33.1 Å². The Balaban J connectivity index is 0.00000225. The van der Waals surface area contributed by atoms with Gasteiger partial charge in [0.15, 0.2) is 5.78 Å². The highest BCUT2D eigenvalue weighted by atomic mass is 79.9. The van der Waals surface area contributed by atoms with Crippen molar-refractivity contribution < 1.29 is 26.2 Å². The molecule has 0 N–H and O–H groups in total. The number of Topliss-reactive ketones (excluding diaryl/α,β-unsaturated/α-hetero) is 1. The molecule has 3 aromatic rings. The van der Waals surface area contributed by atoms with Crippen molar-refractivity contribution in [2.75, 3.05) is 5.75 Å². The van der Waals surface area contributed by atoms with Gasteiger partial charge in [-0.1, -0.05) is 54.6 Å². The molecule has 3 rings (SSSR count). The van der Waals surface area contributed by atoms with Crippen LogP contribution in [0, 0.1) is 13.8 Å². The standard InChI is InChI=1S/C21H19O2S.BrH/c1-15-12-20(13-16(2)23-15)24-14-21(22)19-10-8-18(9-11-19)17-6-4-3-5-7-17;/h3-13H,14H2,1-2H3;1H/q+1;/p-1. The summed E-state index contributed by atoms with van der Waals surface area (Å²) in [5.41, 5.74) is 3.02. The van der Waals surface area contributed by atoms with Gasteiger partial charge >= 0.3 is 11.5 Å². The van der Waals surface area contributed by atoms with Crippen LogP contribution in [0.4, 0.5) is 0 Å². The second-order valence-electron chi connectivity index (χ2n) is 5.67. The van der Waals surface area contributed by atoms with Crippen molar-refractivity contribution in [1.82, 2.24) is 0 Å². The fourth-order valence-electron chi connectivity index (χ4n) is 2.55. The predicted molar refractivity (Wildman–Crippen MR) is 99.5 cm³/mol. The van der Waals surface area contributed by atoms with Gasteiger partial charge in [0.25, 0.3) is 0 Å². The number of halogens is 1. The largest absolute Gasteiger partial charge is 1.00 e. The van der Waals surface area contributed by atoms with Crippen LogP contribution in [0.1, 0.15) is 21.9 Å². The number of carbonyl (C=O) groups excluding carboxylic acids is 1. The van der Waals surface area contributed by atoms with Crippen LogP contribution in [0.25, 0.3) is 11.1 Å². The highest BCUT2D eigenvalue weighted by Gasteiger charge is 2.11. The van der Waals surface area contributed by atoms with Crippen molar-refractivity contribution in [3.8, 4) is 11.1 Å². The molecule has 4 heteroatoms. The highest BCUT2D eigenvalue weighted by molar-refractivity contribution is 8.00. The zero-order valence-corrected chi connectivity index (χ0v) is 16.6. The molecule has 0 aliphatic carbocycles. The molecule has 0 aliphatic rings. The molecule has 128 valence electrons. The van der Waals surface area contributed by atoms with E-state index in [2.05, 4.69) is 12.1 Å². The SMILES string of the molecule is Cc1cc(SCC(=O)c2ccc(-c3ccccc3)cc2)cc(C)[o+]1.[Br-]. The van der Waals surface area contributed by atoms with Gasteiger partial charge in [0.1, 0.15) is 0 Å². The number of thioether (sulfide) groups is 1. The lowest BCUT2D eigenvalue weighted by molar-refractivity contribution is -0.0000133. The molecule has 0 bridgehead atoms. The van der Waals surface area contributed by atoms with Gasteiger partial charge in [-0.3, -0.25) is 4.79 Å². The van der Waals surface area contributed by atoms with E-state index in [1.165, 1.54) is 0 Å². The van der Waals surface area contributed by atoms with Gasteiger partial charge in [-0.15, -0.1) is 11.8 Å². The van der Waals surface area contributed by atoms with Gasteiger partial charge in [0.05, 0.1) is 31.7 Å². The van der Waals surface area contributed by atoms with E-state index in [1.807, 2.05) is 68.4 Å². The number of carbonyl (C=O) groups is 1. The van der Waals surface area contributed by atoms with Crippen LogP contribution in [-0.4, -0.2) is 11.5 Å². The summed E-state index contributed by atoms with van der Waals surface area (Å²) >= 11 is 1.54. The van der Waals surface area contributed by atoms with Crippen LogP contribution >= 0.6 is 11.8 Å². The lowest BCUT2D eigenvalue weighted by atomic mass is 10.0. The molecule has 0 saturated carbocycles. The first-order valence-corrected chi connectivity index (χ1v) is 8.83. The van der Waals surface area contributed by atoms with Gasteiger partial charge in [0, 0.05) is 10.5 Å². The van der Waals surface area contributed by atoms with Crippen molar-refractivity contribution in [2.24, 2.45) is 0 Å². The Morgan fingerprint density at radius 3 is 2.04 bits per heavy atom. The third-order valence-corrected chi connectivity index (χ3v) is 4.67. The zero-order chi connectivity index (χ0) is 16.9. The number of rotatable bonds is 5. The Morgan fingerprint density at radius 2 is 1.44 bits per heavy atom. The van der Waals surface area contributed by atoms with Crippen LogP contribution in [0.15, 0.2) is 76.0 Å². The summed E-state index contributed by atoms with van der Waals surface area (Å²) in [4.78, 5) is 13.5. The topological polar surface area (TPSA) is 28.4 Å². The van der Waals surface area contributed by atoms with E-state index in [0.29, 0.717) is 5.75 Å². The average molecular weight is 415 g/mol. The van der Waals surface area contributed by atoms with E-state index >= 15 is 0 Å². The van der Waals surface area contributed by atoms with Crippen LogP contribution in [0.3, 0.4) is 0 Å². The Bertz CT molecular complexity index is 825. The molecule has 0 atom stereocenters. The first-order valence-electron chi connectivity index (χ1n) is 7.85. The number of aryl methyl sites for hydroxylation is 2. The summed E-state index contributed by atoms with van der Waals surface area (Å²) in [5.74, 6) is 2.28. The molecule has 2 nitrogen and oxygen atoms in total. The van der Waals surface area contributed by atoms with Gasteiger partial charge in [-0.2, -0.15) is 0 Å². The van der Waals surface area contributed by atoms with Crippen molar-refractivity contribution in [1.29, 1.82) is 0 Å². The van der Waals surface area contributed by atoms with Crippen LogP contribution in [0.5, 0.6) is 0 Å². The Labute approximate surface area is 163 Å². The summed E-state index contributed by atoms with van der Waals surface area (Å²) in [6.45, 7) is 3.84. The Hall–Kier alpha value is -1.91.